The summed E-state index contributed by atoms with van der Waals surface area (Å²) in [5.74, 6) is -0.341. The second-order valence-electron chi connectivity index (χ2n) is 3.28. The molecule has 0 fully saturated rings. The first-order chi connectivity index (χ1) is 7.29. The molecule has 0 aliphatic rings. The van der Waals surface area contributed by atoms with Crippen molar-refractivity contribution >= 4 is 5.91 Å². The summed E-state index contributed by atoms with van der Waals surface area (Å²) in [7, 11) is 0. The summed E-state index contributed by atoms with van der Waals surface area (Å²) in [6, 6.07) is 9.51. The molecule has 1 rings (SSSR count). The third kappa shape index (κ3) is 3.34. The molecule has 1 atom stereocenters. The first-order valence-electron chi connectivity index (χ1n) is 5.02. The van der Waals surface area contributed by atoms with E-state index in [1.807, 2.05) is 30.3 Å². The molecule has 0 saturated carbocycles. The molecule has 1 aromatic rings. The summed E-state index contributed by atoms with van der Waals surface area (Å²) in [5.41, 5.74) is 11.8. The minimum absolute atomic E-state index is 0.0610. The Kier molecular flexibility index (Phi) is 4.80. The van der Waals surface area contributed by atoms with Gasteiger partial charge in [-0.15, -0.1) is 0 Å². The highest BCUT2D eigenvalue weighted by molar-refractivity contribution is 5.83. The molecule has 0 saturated heterocycles. The molecule has 0 bridgehead atoms. The topological polar surface area (TPSA) is 81.1 Å². The Hall–Kier alpha value is -1.39. The minimum Gasteiger partial charge on any atom is -0.354 e. The summed E-state index contributed by atoms with van der Waals surface area (Å²) >= 11 is 0. The van der Waals surface area contributed by atoms with Gasteiger partial charge in [0, 0.05) is 19.6 Å². The summed E-state index contributed by atoms with van der Waals surface area (Å²) in [6.07, 6.45) is 0. The van der Waals surface area contributed by atoms with Crippen LogP contribution in [0.1, 0.15) is 11.5 Å². The molecule has 0 radical (unpaired) electrons. The van der Waals surface area contributed by atoms with Gasteiger partial charge in [-0.3, -0.25) is 4.79 Å². The smallest absolute Gasteiger partial charge is 0.228 e. The Bertz CT molecular complexity index is 300. The zero-order valence-corrected chi connectivity index (χ0v) is 8.65. The molecule has 82 valence electrons. The number of nitrogens with one attached hydrogen (secondary N) is 1. The maximum Gasteiger partial charge on any atom is 0.228 e. The van der Waals surface area contributed by atoms with E-state index in [2.05, 4.69) is 5.32 Å². The van der Waals surface area contributed by atoms with Crippen molar-refractivity contribution < 1.29 is 4.79 Å². The first-order valence-corrected chi connectivity index (χ1v) is 5.02. The summed E-state index contributed by atoms with van der Waals surface area (Å²) < 4.78 is 0. The number of nitrogens with two attached hydrogens (primary N) is 2. The van der Waals surface area contributed by atoms with Gasteiger partial charge in [0.15, 0.2) is 0 Å². The van der Waals surface area contributed by atoms with Gasteiger partial charge in [0.05, 0.1) is 5.92 Å². The van der Waals surface area contributed by atoms with E-state index >= 15 is 0 Å². The van der Waals surface area contributed by atoms with Crippen LogP contribution in [0.4, 0.5) is 0 Å². The van der Waals surface area contributed by atoms with Gasteiger partial charge in [0.1, 0.15) is 0 Å². The summed E-state index contributed by atoms with van der Waals surface area (Å²) in [6.45, 7) is 1.24. The van der Waals surface area contributed by atoms with Crippen LogP contribution in [0, 0.1) is 0 Å². The van der Waals surface area contributed by atoms with E-state index in [1.54, 1.807) is 0 Å². The quantitative estimate of drug-likeness (QED) is 0.625. The predicted octanol–water partition coefficient (Wildman–Crippen LogP) is -0.196. The van der Waals surface area contributed by atoms with E-state index in [4.69, 9.17) is 11.5 Å². The number of hydrogen-bond acceptors (Lipinski definition) is 3. The fourth-order valence-electron chi connectivity index (χ4n) is 1.40. The van der Waals surface area contributed by atoms with Gasteiger partial charge in [-0.2, -0.15) is 0 Å². The van der Waals surface area contributed by atoms with Crippen molar-refractivity contribution in [1.29, 1.82) is 0 Å². The normalized spacial score (nSPS) is 12.1. The van der Waals surface area contributed by atoms with Crippen molar-refractivity contribution in [3.63, 3.8) is 0 Å². The Balaban J connectivity index is 2.67. The minimum atomic E-state index is -0.280. The van der Waals surface area contributed by atoms with Crippen LogP contribution in [0.25, 0.3) is 0 Å². The van der Waals surface area contributed by atoms with Crippen molar-refractivity contribution in [2.45, 2.75) is 5.92 Å². The number of rotatable bonds is 5. The highest BCUT2D eigenvalue weighted by Gasteiger charge is 2.17. The Morgan fingerprint density at radius 3 is 2.47 bits per heavy atom. The lowest BCUT2D eigenvalue weighted by molar-refractivity contribution is -0.122. The zero-order valence-electron chi connectivity index (χ0n) is 8.65. The summed E-state index contributed by atoms with van der Waals surface area (Å²) in [4.78, 5) is 11.7. The van der Waals surface area contributed by atoms with Gasteiger partial charge < -0.3 is 16.8 Å². The highest BCUT2D eigenvalue weighted by atomic mass is 16.1. The van der Waals surface area contributed by atoms with E-state index in [0.29, 0.717) is 19.6 Å². The van der Waals surface area contributed by atoms with Gasteiger partial charge in [-0.25, -0.2) is 0 Å². The molecule has 4 nitrogen and oxygen atoms in total. The standard InChI is InChI=1S/C11H17N3O/c12-6-7-14-11(15)10(8-13)9-4-2-1-3-5-9/h1-5,10H,6-8,12-13H2,(H,14,15). The van der Waals surface area contributed by atoms with Crippen molar-refractivity contribution in [3.05, 3.63) is 35.9 Å². The fourth-order valence-corrected chi connectivity index (χ4v) is 1.40. The van der Waals surface area contributed by atoms with Crippen LogP contribution < -0.4 is 16.8 Å². The van der Waals surface area contributed by atoms with E-state index in [9.17, 15) is 4.79 Å². The van der Waals surface area contributed by atoms with Crippen molar-refractivity contribution in [3.8, 4) is 0 Å². The van der Waals surface area contributed by atoms with Gasteiger partial charge in [0.25, 0.3) is 0 Å². The monoisotopic (exact) mass is 207 g/mol. The maximum atomic E-state index is 11.7. The van der Waals surface area contributed by atoms with Crippen LogP contribution in [0.5, 0.6) is 0 Å². The molecule has 0 spiro atoms. The third-order valence-corrected chi connectivity index (χ3v) is 2.20. The van der Waals surface area contributed by atoms with Gasteiger partial charge in [0.2, 0.25) is 5.91 Å². The second-order valence-corrected chi connectivity index (χ2v) is 3.28. The number of hydrogen-bond donors (Lipinski definition) is 3. The summed E-state index contributed by atoms with van der Waals surface area (Å²) in [5, 5.41) is 2.74. The SMILES string of the molecule is NCCNC(=O)C(CN)c1ccccc1. The van der Waals surface area contributed by atoms with Crippen LogP contribution in [-0.2, 0) is 4.79 Å². The number of carbonyl (C=O) groups excluding carboxylic acids is 1. The van der Waals surface area contributed by atoms with Crippen molar-refractivity contribution in [1.82, 2.24) is 5.32 Å². The first kappa shape index (κ1) is 11.7. The zero-order chi connectivity index (χ0) is 11.1. The predicted molar refractivity (Wildman–Crippen MR) is 60.3 cm³/mol. The van der Waals surface area contributed by atoms with Crippen molar-refractivity contribution in [2.24, 2.45) is 11.5 Å². The Morgan fingerprint density at radius 2 is 1.93 bits per heavy atom. The van der Waals surface area contributed by atoms with Gasteiger partial charge in [-0.1, -0.05) is 30.3 Å². The molecule has 0 aliphatic carbocycles. The molecule has 4 heteroatoms. The van der Waals surface area contributed by atoms with E-state index < -0.39 is 0 Å². The van der Waals surface area contributed by atoms with Crippen LogP contribution >= 0.6 is 0 Å². The third-order valence-electron chi connectivity index (χ3n) is 2.20. The molecular formula is C11H17N3O. The maximum absolute atomic E-state index is 11.7. The van der Waals surface area contributed by atoms with Crippen LogP contribution in [0.2, 0.25) is 0 Å². The molecule has 1 amide bonds. The van der Waals surface area contributed by atoms with Crippen LogP contribution in [0.15, 0.2) is 30.3 Å². The van der Waals surface area contributed by atoms with Crippen molar-refractivity contribution in [2.75, 3.05) is 19.6 Å². The number of amides is 1. The molecule has 5 N–H and O–H groups in total. The molecule has 15 heavy (non-hydrogen) atoms. The highest BCUT2D eigenvalue weighted by Crippen LogP contribution is 2.13. The molecule has 0 heterocycles. The average Bonchev–Trinajstić information content (AvgIpc) is 2.29. The second kappa shape index (κ2) is 6.16. The number of benzene rings is 1. The molecular weight excluding hydrogens is 190 g/mol. The lowest BCUT2D eigenvalue weighted by Gasteiger charge is -2.14. The molecule has 1 unspecified atom stereocenters. The van der Waals surface area contributed by atoms with Gasteiger partial charge in [-0.05, 0) is 5.56 Å². The number of carbonyl (C=O) groups is 1. The average molecular weight is 207 g/mol. The van der Waals surface area contributed by atoms with Crippen LogP contribution in [-0.4, -0.2) is 25.5 Å². The Morgan fingerprint density at radius 1 is 1.27 bits per heavy atom. The van der Waals surface area contributed by atoms with E-state index in [0.717, 1.165) is 5.56 Å². The largest absolute Gasteiger partial charge is 0.354 e. The fraction of sp³-hybridized carbons (Fsp3) is 0.364. The van der Waals surface area contributed by atoms with E-state index in [1.165, 1.54) is 0 Å². The molecule has 0 aromatic heterocycles. The van der Waals surface area contributed by atoms with Gasteiger partial charge >= 0.3 is 0 Å². The lowest BCUT2D eigenvalue weighted by Crippen LogP contribution is -2.36. The van der Waals surface area contributed by atoms with Crippen LogP contribution in [0.3, 0.4) is 0 Å². The Labute approximate surface area is 89.6 Å². The van der Waals surface area contributed by atoms with E-state index in [-0.39, 0.29) is 11.8 Å². The molecule has 1 aromatic carbocycles. The molecule has 0 aliphatic heterocycles. The lowest BCUT2D eigenvalue weighted by atomic mass is 9.98.